The zero-order valence-corrected chi connectivity index (χ0v) is 14.1. The SMILES string of the molecule is COc1ccc(NC(=O)/C(C#N)=C\c2ccc(F)c(C)c2)cc1OC. The van der Waals surface area contributed by atoms with E-state index in [9.17, 15) is 14.4 Å². The summed E-state index contributed by atoms with van der Waals surface area (Å²) in [6.45, 7) is 1.61. The minimum atomic E-state index is -0.573. The van der Waals surface area contributed by atoms with Crippen molar-refractivity contribution in [3.05, 3.63) is 58.9 Å². The summed E-state index contributed by atoms with van der Waals surface area (Å²) in [4.78, 5) is 12.3. The fourth-order valence-corrected chi connectivity index (χ4v) is 2.19. The van der Waals surface area contributed by atoms with Crippen LogP contribution >= 0.6 is 0 Å². The molecule has 0 fully saturated rings. The lowest BCUT2D eigenvalue weighted by Crippen LogP contribution is -2.13. The van der Waals surface area contributed by atoms with Gasteiger partial charge in [-0.3, -0.25) is 4.79 Å². The number of ether oxygens (including phenoxy) is 2. The van der Waals surface area contributed by atoms with E-state index in [-0.39, 0.29) is 11.4 Å². The Morgan fingerprint density at radius 1 is 1.16 bits per heavy atom. The molecule has 5 nitrogen and oxygen atoms in total. The number of nitrogens with zero attached hydrogens (tertiary/aromatic N) is 1. The van der Waals surface area contributed by atoms with Crippen molar-refractivity contribution in [3.8, 4) is 17.6 Å². The Bertz CT molecular complexity index is 869. The summed E-state index contributed by atoms with van der Waals surface area (Å²) < 4.78 is 23.6. The summed E-state index contributed by atoms with van der Waals surface area (Å²) in [5, 5.41) is 11.9. The van der Waals surface area contributed by atoms with E-state index >= 15 is 0 Å². The smallest absolute Gasteiger partial charge is 0.266 e. The molecule has 0 heterocycles. The zero-order valence-electron chi connectivity index (χ0n) is 14.1. The fourth-order valence-electron chi connectivity index (χ4n) is 2.19. The van der Waals surface area contributed by atoms with Crippen molar-refractivity contribution in [1.82, 2.24) is 0 Å². The van der Waals surface area contributed by atoms with Crippen molar-refractivity contribution in [2.75, 3.05) is 19.5 Å². The molecule has 0 radical (unpaired) electrons. The number of anilines is 1. The minimum absolute atomic E-state index is 0.0965. The highest BCUT2D eigenvalue weighted by Crippen LogP contribution is 2.29. The number of methoxy groups -OCH3 is 2. The first-order valence-corrected chi connectivity index (χ1v) is 7.39. The highest BCUT2D eigenvalue weighted by Gasteiger charge is 2.12. The van der Waals surface area contributed by atoms with Gasteiger partial charge in [-0.1, -0.05) is 6.07 Å². The molecular weight excluding hydrogens is 323 g/mol. The molecule has 1 N–H and O–H groups in total. The number of benzene rings is 2. The maximum atomic E-state index is 13.3. The molecule has 0 saturated heterocycles. The molecule has 0 aliphatic carbocycles. The van der Waals surface area contributed by atoms with E-state index in [0.717, 1.165) is 0 Å². The number of rotatable bonds is 5. The van der Waals surface area contributed by atoms with Gasteiger partial charge in [0.15, 0.2) is 11.5 Å². The summed E-state index contributed by atoms with van der Waals surface area (Å²) in [7, 11) is 3.00. The molecule has 0 bridgehead atoms. The highest BCUT2D eigenvalue weighted by molar-refractivity contribution is 6.09. The number of nitrogens with one attached hydrogen (secondary N) is 1. The van der Waals surface area contributed by atoms with E-state index < -0.39 is 5.91 Å². The summed E-state index contributed by atoms with van der Waals surface area (Å²) in [6, 6.07) is 11.1. The Morgan fingerprint density at radius 2 is 1.88 bits per heavy atom. The van der Waals surface area contributed by atoms with Crippen LogP contribution < -0.4 is 14.8 Å². The molecule has 2 rings (SSSR count). The first kappa shape index (κ1) is 18.0. The first-order chi connectivity index (χ1) is 12.0. The largest absolute Gasteiger partial charge is 0.493 e. The second-order valence-electron chi connectivity index (χ2n) is 5.20. The second-order valence-corrected chi connectivity index (χ2v) is 5.20. The summed E-state index contributed by atoms with van der Waals surface area (Å²) >= 11 is 0. The van der Waals surface area contributed by atoms with Crippen molar-refractivity contribution in [2.45, 2.75) is 6.92 Å². The second kappa shape index (κ2) is 7.97. The zero-order chi connectivity index (χ0) is 18.4. The van der Waals surface area contributed by atoms with Gasteiger partial charge in [-0.15, -0.1) is 0 Å². The molecule has 0 saturated carbocycles. The quantitative estimate of drug-likeness (QED) is 0.665. The van der Waals surface area contributed by atoms with Crippen molar-refractivity contribution in [3.63, 3.8) is 0 Å². The van der Waals surface area contributed by atoms with E-state index in [1.807, 2.05) is 6.07 Å². The van der Waals surface area contributed by atoms with E-state index in [1.54, 1.807) is 31.2 Å². The molecule has 128 valence electrons. The lowest BCUT2D eigenvalue weighted by Gasteiger charge is -2.10. The number of amides is 1. The Labute approximate surface area is 145 Å². The van der Waals surface area contributed by atoms with E-state index in [4.69, 9.17) is 9.47 Å². The van der Waals surface area contributed by atoms with Crippen LogP contribution in [-0.2, 0) is 4.79 Å². The predicted molar refractivity (Wildman–Crippen MR) is 92.9 cm³/mol. The number of nitriles is 1. The Kier molecular flexibility index (Phi) is 5.75. The molecule has 1 amide bonds. The molecule has 0 unspecified atom stereocenters. The molecule has 0 atom stereocenters. The maximum absolute atomic E-state index is 13.3. The van der Waals surface area contributed by atoms with Crippen molar-refractivity contribution < 1.29 is 18.7 Å². The lowest BCUT2D eigenvalue weighted by molar-refractivity contribution is -0.112. The standard InChI is InChI=1S/C19H17FN2O3/c1-12-8-13(4-6-16(12)20)9-14(11-21)19(23)22-15-5-7-17(24-2)18(10-15)25-3/h4-10H,1-3H3,(H,22,23)/b14-9-. The van der Waals surface area contributed by atoms with Crippen LogP contribution in [0.25, 0.3) is 6.08 Å². The summed E-state index contributed by atoms with van der Waals surface area (Å²) in [5.41, 5.74) is 1.36. The number of halogens is 1. The number of aryl methyl sites for hydroxylation is 1. The fraction of sp³-hybridized carbons (Fsp3) is 0.158. The average Bonchev–Trinajstić information content (AvgIpc) is 2.62. The van der Waals surface area contributed by atoms with Gasteiger partial charge in [-0.05, 0) is 48.4 Å². The minimum Gasteiger partial charge on any atom is -0.493 e. The van der Waals surface area contributed by atoms with Crippen LogP contribution in [0.3, 0.4) is 0 Å². The van der Waals surface area contributed by atoms with Crippen molar-refractivity contribution >= 4 is 17.7 Å². The van der Waals surface area contributed by atoms with Gasteiger partial charge in [0.25, 0.3) is 5.91 Å². The van der Waals surface area contributed by atoms with E-state index in [0.29, 0.717) is 28.3 Å². The molecule has 0 aliphatic rings. The molecule has 0 aliphatic heterocycles. The van der Waals surface area contributed by atoms with Crippen molar-refractivity contribution in [2.24, 2.45) is 0 Å². The van der Waals surface area contributed by atoms with Gasteiger partial charge in [-0.25, -0.2) is 4.39 Å². The highest BCUT2D eigenvalue weighted by atomic mass is 19.1. The molecule has 0 spiro atoms. The van der Waals surface area contributed by atoms with Gasteiger partial charge in [0, 0.05) is 11.8 Å². The Hall–Kier alpha value is -3.33. The molecule has 2 aromatic carbocycles. The van der Waals surface area contributed by atoms with Gasteiger partial charge >= 0.3 is 0 Å². The van der Waals surface area contributed by atoms with Crippen LogP contribution in [0.15, 0.2) is 42.0 Å². The van der Waals surface area contributed by atoms with Gasteiger partial charge in [0.2, 0.25) is 0 Å². The van der Waals surface area contributed by atoms with Gasteiger partial charge < -0.3 is 14.8 Å². The van der Waals surface area contributed by atoms with E-state index in [1.165, 1.54) is 32.4 Å². The first-order valence-electron chi connectivity index (χ1n) is 7.39. The lowest BCUT2D eigenvalue weighted by atomic mass is 10.1. The maximum Gasteiger partial charge on any atom is 0.266 e. The third kappa shape index (κ3) is 4.36. The molecular formula is C19H17FN2O3. The normalized spacial score (nSPS) is 10.8. The summed E-state index contributed by atoms with van der Waals surface area (Å²) in [6.07, 6.45) is 1.41. The third-order valence-corrected chi connectivity index (χ3v) is 3.50. The molecule has 0 aromatic heterocycles. The monoisotopic (exact) mass is 340 g/mol. The van der Waals surface area contributed by atoms with Crippen LogP contribution in [0, 0.1) is 24.1 Å². The molecule has 6 heteroatoms. The number of carbonyl (C=O) groups is 1. The Balaban J connectivity index is 2.24. The van der Waals surface area contributed by atoms with Crippen LogP contribution in [-0.4, -0.2) is 20.1 Å². The number of hydrogen-bond acceptors (Lipinski definition) is 4. The van der Waals surface area contributed by atoms with E-state index in [2.05, 4.69) is 5.32 Å². The Morgan fingerprint density at radius 3 is 2.48 bits per heavy atom. The summed E-state index contributed by atoms with van der Waals surface area (Å²) in [5.74, 6) is 0.0671. The molecule has 2 aromatic rings. The molecule has 25 heavy (non-hydrogen) atoms. The topological polar surface area (TPSA) is 71.3 Å². The predicted octanol–water partition coefficient (Wildman–Crippen LogP) is 3.70. The van der Waals surface area contributed by atoms with Crippen LogP contribution in [0.1, 0.15) is 11.1 Å². The number of carbonyl (C=O) groups excluding carboxylic acids is 1. The van der Waals surface area contributed by atoms with Crippen molar-refractivity contribution in [1.29, 1.82) is 5.26 Å². The van der Waals surface area contributed by atoms with Gasteiger partial charge in [0.05, 0.1) is 14.2 Å². The number of hydrogen-bond donors (Lipinski definition) is 1. The van der Waals surface area contributed by atoms with Crippen LogP contribution in [0.4, 0.5) is 10.1 Å². The van der Waals surface area contributed by atoms with Crippen LogP contribution in [0.5, 0.6) is 11.5 Å². The third-order valence-electron chi connectivity index (χ3n) is 3.50. The van der Waals surface area contributed by atoms with Crippen LogP contribution in [0.2, 0.25) is 0 Å². The van der Waals surface area contributed by atoms with Gasteiger partial charge in [0.1, 0.15) is 17.5 Å². The average molecular weight is 340 g/mol. The van der Waals surface area contributed by atoms with Gasteiger partial charge in [-0.2, -0.15) is 5.26 Å².